The maximum absolute atomic E-state index is 12.2. The van der Waals surface area contributed by atoms with Crippen LogP contribution in [0.15, 0.2) is 35.3 Å². The Balaban J connectivity index is 1.80. The van der Waals surface area contributed by atoms with Gasteiger partial charge < -0.3 is 16.0 Å². The van der Waals surface area contributed by atoms with Gasteiger partial charge in [0.15, 0.2) is 5.96 Å². The number of carbonyl (C=O) groups excluding carboxylic acids is 1. The Kier molecular flexibility index (Phi) is 8.52. The number of benzene rings is 1. The van der Waals surface area contributed by atoms with Crippen molar-refractivity contribution in [3.63, 3.8) is 0 Å². The van der Waals surface area contributed by atoms with Crippen LogP contribution in [0.4, 0.5) is 5.69 Å². The lowest BCUT2D eigenvalue weighted by Crippen LogP contribution is -2.38. The summed E-state index contributed by atoms with van der Waals surface area (Å²) in [4.78, 5) is 16.6. The fourth-order valence-corrected chi connectivity index (χ4v) is 2.90. The summed E-state index contributed by atoms with van der Waals surface area (Å²) in [6.07, 6.45) is 1.86. The smallest absolute Gasteiger partial charge is 0.246 e. The number of aryl methyl sites for hydroxylation is 4. The third-order valence-corrected chi connectivity index (χ3v) is 4.29. The number of guanidine groups is 1. The van der Waals surface area contributed by atoms with Crippen molar-refractivity contribution in [3.8, 4) is 0 Å². The predicted octanol–water partition coefficient (Wildman–Crippen LogP) is 2.65. The third-order valence-electron chi connectivity index (χ3n) is 4.29. The van der Waals surface area contributed by atoms with E-state index < -0.39 is 0 Å². The van der Waals surface area contributed by atoms with Gasteiger partial charge in [-0.15, -0.1) is 0 Å². The number of hydrogen-bond acceptors (Lipinski definition) is 3. The highest BCUT2D eigenvalue weighted by molar-refractivity contribution is 5.94. The molecule has 0 fully saturated rings. The molecule has 1 heterocycles. The lowest BCUT2D eigenvalue weighted by Gasteiger charge is -2.12. The summed E-state index contributed by atoms with van der Waals surface area (Å²) in [6, 6.07) is 9.96. The van der Waals surface area contributed by atoms with Gasteiger partial charge in [0.25, 0.3) is 0 Å². The summed E-state index contributed by atoms with van der Waals surface area (Å²) in [6.45, 7) is 10.6. The molecule has 7 nitrogen and oxygen atoms in total. The van der Waals surface area contributed by atoms with Crippen LogP contribution >= 0.6 is 0 Å². The third kappa shape index (κ3) is 7.06. The highest BCUT2D eigenvalue weighted by atomic mass is 16.1. The lowest BCUT2D eigenvalue weighted by atomic mass is 10.1. The summed E-state index contributed by atoms with van der Waals surface area (Å²) in [5.74, 6) is 0.515. The quantitative estimate of drug-likeness (QED) is 0.353. The fourth-order valence-electron chi connectivity index (χ4n) is 2.90. The molecule has 28 heavy (non-hydrogen) atoms. The SMILES string of the molecule is CCNC(=NCC(=O)Nc1cccc(CC)c1)NCCCn1nc(C)cc1C. The average Bonchev–Trinajstić information content (AvgIpc) is 3.00. The Morgan fingerprint density at radius 3 is 2.68 bits per heavy atom. The summed E-state index contributed by atoms with van der Waals surface area (Å²) in [5.41, 5.74) is 4.21. The zero-order valence-electron chi connectivity index (χ0n) is 17.4. The first-order chi connectivity index (χ1) is 13.5. The Labute approximate surface area is 167 Å². The van der Waals surface area contributed by atoms with E-state index in [1.807, 2.05) is 42.8 Å². The molecule has 0 atom stereocenters. The first-order valence-electron chi connectivity index (χ1n) is 9.93. The molecular weight excluding hydrogens is 352 g/mol. The van der Waals surface area contributed by atoms with Gasteiger partial charge in [0.2, 0.25) is 5.91 Å². The van der Waals surface area contributed by atoms with E-state index in [1.165, 1.54) is 11.3 Å². The molecule has 0 aliphatic heterocycles. The van der Waals surface area contributed by atoms with Crippen molar-refractivity contribution in [1.29, 1.82) is 0 Å². The first-order valence-corrected chi connectivity index (χ1v) is 9.93. The zero-order valence-corrected chi connectivity index (χ0v) is 17.4. The minimum atomic E-state index is -0.131. The number of nitrogens with zero attached hydrogens (tertiary/aromatic N) is 3. The number of nitrogens with one attached hydrogen (secondary N) is 3. The monoisotopic (exact) mass is 384 g/mol. The van der Waals surface area contributed by atoms with Crippen LogP contribution in [0, 0.1) is 13.8 Å². The molecule has 2 aromatic rings. The normalized spacial score (nSPS) is 11.4. The molecule has 1 aromatic carbocycles. The van der Waals surface area contributed by atoms with Gasteiger partial charge in [-0.3, -0.25) is 9.48 Å². The predicted molar refractivity (Wildman–Crippen MR) is 115 cm³/mol. The molecule has 0 aliphatic rings. The standard InChI is InChI=1S/C21H32N6O/c1-5-18-9-7-10-19(14-18)25-20(28)15-24-21(22-6-2)23-11-8-12-27-17(4)13-16(3)26-27/h7,9-10,13-14H,5-6,8,11-12,15H2,1-4H3,(H,25,28)(H2,22,23,24). The van der Waals surface area contributed by atoms with Crippen molar-refractivity contribution in [2.45, 2.75) is 47.1 Å². The molecule has 152 valence electrons. The van der Waals surface area contributed by atoms with E-state index in [9.17, 15) is 4.79 Å². The molecule has 1 aromatic heterocycles. The van der Waals surface area contributed by atoms with Gasteiger partial charge >= 0.3 is 0 Å². The molecule has 0 saturated carbocycles. The van der Waals surface area contributed by atoms with Crippen LogP contribution < -0.4 is 16.0 Å². The van der Waals surface area contributed by atoms with E-state index in [2.05, 4.69) is 46.0 Å². The molecule has 0 unspecified atom stereocenters. The van der Waals surface area contributed by atoms with Gasteiger partial charge in [-0.1, -0.05) is 19.1 Å². The van der Waals surface area contributed by atoms with Crippen molar-refractivity contribution < 1.29 is 4.79 Å². The van der Waals surface area contributed by atoms with Crippen LogP contribution in [0.3, 0.4) is 0 Å². The van der Waals surface area contributed by atoms with Gasteiger partial charge in [0.1, 0.15) is 6.54 Å². The highest BCUT2D eigenvalue weighted by Gasteiger charge is 2.04. The molecule has 2 rings (SSSR count). The van der Waals surface area contributed by atoms with Crippen molar-refractivity contribution in [3.05, 3.63) is 47.3 Å². The van der Waals surface area contributed by atoms with E-state index in [4.69, 9.17) is 0 Å². The number of rotatable bonds is 9. The topological polar surface area (TPSA) is 83.3 Å². The summed E-state index contributed by atoms with van der Waals surface area (Å²) in [5, 5.41) is 13.8. The Morgan fingerprint density at radius 2 is 2.00 bits per heavy atom. The highest BCUT2D eigenvalue weighted by Crippen LogP contribution is 2.10. The molecule has 0 saturated heterocycles. The van der Waals surface area contributed by atoms with Gasteiger partial charge in [-0.25, -0.2) is 4.99 Å². The molecule has 1 amide bonds. The maximum atomic E-state index is 12.2. The minimum absolute atomic E-state index is 0.0726. The number of carbonyl (C=O) groups is 1. The van der Waals surface area contributed by atoms with E-state index in [-0.39, 0.29) is 12.5 Å². The molecule has 0 bridgehead atoms. The van der Waals surface area contributed by atoms with Crippen LogP contribution in [0.25, 0.3) is 0 Å². The van der Waals surface area contributed by atoms with E-state index in [0.29, 0.717) is 5.96 Å². The number of amides is 1. The second-order valence-electron chi connectivity index (χ2n) is 6.73. The largest absolute Gasteiger partial charge is 0.357 e. The summed E-state index contributed by atoms with van der Waals surface area (Å²) in [7, 11) is 0. The van der Waals surface area contributed by atoms with Crippen LogP contribution in [-0.4, -0.2) is 41.3 Å². The van der Waals surface area contributed by atoms with E-state index in [1.54, 1.807) is 0 Å². The van der Waals surface area contributed by atoms with Crippen molar-refractivity contribution >= 4 is 17.6 Å². The van der Waals surface area contributed by atoms with Crippen LogP contribution in [0.2, 0.25) is 0 Å². The minimum Gasteiger partial charge on any atom is -0.357 e. The lowest BCUT2D eigenvalue weighted by molar-refractivity contribution is -0.114. The fraction of sp³-hybridized carbons (Fsp3) is 0.476. The average molecular weight is 385 g/mol. The number of aliphatic imine (C=N–C) groups is 1. The molecule has 0 radical (unpaired) electrons. The second kappa shape index (κ2) is 11.1. The van der Waals surface area contributed by atoms with Crippen molar-refractivity contribution in [2.24, 2.45) is 4.99 Å². The van der Waals surface area contributed by atoms with Crippen LogP contribution in [-0.2, 0) is 17.8 Å². The van der Waals surface area contributed by atoms with Crippen LogP contribution in [0.1, 0.15) is 37.2 Å². The Morgan fingerprint density at radius 1 is 1.18 bits per heavy atom. The summed E-state index contributed by atoms with van der Waals surface area (Å²) >= 11 is 0. The summed E-state index contributed by atoms with van der Waals surface area (Å²) < 4.78 is 2.01. The van der Waals surface area contributed by atoms with Gasteiger partial charge in [0, 0.05) is 31.0 Å². The Bertz CT molecular complexity index is 796. The van der Waals surface area contributed by atoms with Gasteiger partial charge in [-0.2, -0.15) is 5.10 Å². The molecule has 0 spiro atoms. The maximum Gasteiger partial charge on any atom is 0.246 e. The molecule has 7 heteroatoms. The molecular formula is C21H32N6O. The molecule has 0 aliphatic carbocycles. The Hall–Kier alpha value is -2.83. The van der Waals surface area contributed by atoms with E-state index in [0.717, 1.165) is 43.9 Å². The zero-order chi connectivity index (χ0) is 20.4. The number of aromatic nitrogens is 2. The van der Waals surface area contributed by atoms with Crippen LogP contribution in [0.5, 0.6) is 0 Å². The first kappa shape index (κ1) is 21.5. The van der Waals surface area contributed by atoms with Gasteiger partial charge in [-0.05, 0) is 57.4 Å². The number of anilines is 1. The second-order valence-corrected chi connectivity index (χ2v) is 6.73. The number of hydrogen-bond donors (Lipinski definition) is 3. The van der Waals surface area contributed by atoms with E-state index >= 15 is 0 Å². The van der Waals surface area contributed by atoms with Crippen molar-refractivity contribution in [2.75, 3.05) is 25.0 Å². The molecule has 3 N–H and O–H groups in total. The van der Waals surface area contributed by atoms with Gasteiger partial charge in [0.05, 0.1) is 5.69 Å². The van der Waals surface area contributed by atoms with Crippen molar-refractivity contribution in [1.82, 2.24) is 20.4 Å².